The van der Waals surface area contributed by atoms with Crippen molar-refractivity contribution in [3.8, 4) is 0 Å². The van der Waals surface area contributed by atoms with Crippen LogP contribution in [0.5, 0.6) is 0 Å². The Kier molecular flexibility index (Phi) is 3.73. The molecular formula is C8H9ClF3N3. The zero-order valence-corrected chi connectivity index (χ0v) is 8.68. The highest BCUT2D eigenvalue weighted by Crippen LogP contribution is 2.18. The van der Waals surface area contributed by atoms with Gasteiger partial charge in [-0.25, -0.2) is 4.98 Å². The van der Waals surface area contributed by atoms with Crippen molar-refractivity contribution in [1.29, 1.82) is 0 Å². The molecule has 1 aromatic rings. The maximum absolute atomic E-state index is 12.0. The molecule has 0 aliphatic carbocycles. The average Bonchev–Trinajstić information content (AvgIpc) is 2.15. The summed E-state index contributed by atoms with van der Waals surface area (Å²) in [5.41, 5.74) is 0.529. The number of hydrogen-bond donors (Lipinski definition) is 0. The van der Waals surface area contributed by atoms with Crippen LogP contribution in [0.1, 0.15) is 5.69 Å². The highest BCUT2D eigenvalue weighted by atomic mass is 35.5. The molecule has 3 nitrogen and oxygen atoms in total. The Morgan fingerprint density at radius 1 is 1.33 bits per heavy atom. The highest BCUT2D eigenvalue weighted by Gasteiger charge is 2.29. The van der Waals surface area contributed by atoms with E-state index in [4.69, 9.17) is 11.6 Å². The summed E-state index contributed by atoms with van der Waals surface area (Å²) < 4.78 is 36.1. The maximum Gasteiger partial charge on any atom is 0.405 e. The molecule has 0 radical (unpaired) electrons. The van der Waals surface area contributed by atoms with E-state index in [0.29, 0.717) is 5.69 Å². The fraction of sp³-hybridized carbons (Fsp3) is 0.500. The van der Waals surface area contributed by atoms with Crippen LogP contribution in [0.3, 0.4) is 0 Å². The SMILES string of the molecule is CN(CC(F)(F)F)c1cnc(CCl)cn1. The first-order valence-corrected chi connectivity index (χ1v) is 4.60. The lowest BCUT2D eigenvalue weighted by atomic mass is 10.4. The molecule has 0 aliphatic rings. The van der Waals surface area contributed by atoms with E-state index in [1.165, 1.54) is 19.4 Å². The van der Waals surface area contributed by atoms with Gasteiger partial charge in [-0.1, -0.05) is 0 Å². The van der Waals surface area contributed by atoms with Crippen LogP contribution >= 0.6 is 11.6 Å². The first-order chi connectivity index (χ1) is 6.92. The Hall–Kier alpha value is -1.04. The third-order valence-electron chi connectivity index (χ3n) is 1.64. The van der Waals surface area contributed by atoms with Crippen LogP contribution in [0, 0.1) is 0 Å². The Bertz CT molecular complexity index is 312. The second kappa shape index (κ2) is 4.65. The second-order valence-corrected chi connectivity index (χ2v) is 3.24. The number of hydrogen-bond acceptors (Lipinski definition) is 3. The van der Waals surface area contributed by atoms with Gasteiger partial charge in [0, 0.05) is 7.05 Å². The van der Waals surface area contributed by atoms with Gasteiger partial charge in [0.05, 0.1) is 24.0 Å². The molecule has 0 N–H and O–H groups in total. The number of rotatable bonds is 3. The Morgan fingerprint density at radius 2 is 2.00 bits per heavy atom. The molecule has 7 heteroatoms. The molecule has 0 aromatic carbocycles. The molecular weight excluding hydrogens is 231 g/mol. The van der Waals surface area contributed by atoms with Crippen molar-refractivity contribution in [2.75, 3.05) is 18.5 Å². The number of halogens is 4. The normalized spacial score (nSPS) is 11.5. The van der Waals surface area contributed by atoms with Gasteiger partial charge in [0.2, 0.25) is 0 Å². The molecule has 0 fully saturated rings. The van der Waals surface area contributed by atoms with Crippen molar-refractivity contribution in [2.45, 2.75) is 12.1 Å². The molecule has 0 atom stereocenters. The fourth-order valence-corrected chi connectivity index (χ4v) is 1.10. The Balaban J connectivity index is 2.70. The minimum atomic E-state index is -4.25. The van der Waals surface area contributed by atoms with Crippen LogP contribution in [0.4, 0.5) is 19.0 Å². The van der Waals surface area contributed by atoms with Gasteiger partial charge in [0.15, 0.2) is 0 Å². The lowest BCUT2D eigenvalue weighted by Crippen LogP contribution is -2.31. The van der Waals surface area contributed by atoms with Crippen LogP contribution in [0.2, 0.25) is 0 Å². The largest absolute Gasteiger partial charge is 0.405 e. The predicted octanol–water partition coefficient (Wildman–Crippen LogP) is 2.21. The average molecular weight is 240 g/mol. The van der Waals surface area contributed by atoms with Gasteiger partial charge < -0.3 is 4.90 Å². The molecule has 0 spiro atoms. The zero-order valence-electron chi connectivity index (χ0n) is 7.92. The maximum atomic E-state index is 12.0. The van der Waals surface area contributed by atoms with Crippen molar-refractivity contribution in [3.05, 3.63) is 18.1 Å². The summed E-state index contributed by atoms with van der Waals surface area (Å²) in [6.45, 7) is -1.05. The second-order valence-electron chi connectivity index (χ2n) is 2.97. The Morgan fingerprint density at radius 3 is 2.40 bits per heavy atom. The van der Waals surface area contributed by atoms with Crippen LogP contribution in [-0.2, 0) is 5.88 Å². The van der Waals surface area contributed by atoms with Gasteiger partial charge in [-0.15, -0.1) is 11.6 Å². The van der Waals surface area contributed by atoms with E-state index in [-0.39, 0.29) is 11.7 Å². The van der Waals surface area contributed by atoms with Crippen molar-refractivity contribution in [2.24, 2.45) is 0 Å². The lowest BCUT2D eigenvalue weighted by Gasteiger charge is -2.19. The van der Waals surface area contributed by atoms with Crippen LogP contribution in [0.25, 0.3) is 0 Å². The summed E-state index contributed by atoms with van der Waals surface area (Å²) in [6, 6.07) is 0. The smallest absolute Gasteiger partial charge is 0.349 e. The number of aromatic nitrogens is 2. The summed E-state index contributed by atoms with van der Waals surface area (Å²) >= 11 is 5.47. The molecule has 0 amide bonds. The van der Waals surface area contributed by atoms with Crippen molar-refractivity contribution >= 4 is 17.4 Å². The van der Waals surface area contributed by atoms with E-state index in [0.717, 1.165) is 4.90 Å². The van der Waals surface area contributed by atoms with Crippen molar-refractivity contribution < 1.29 is 13.2 Å². The highest BCUT2D eigenvalue weighted by molar-refractivity contribution is 6.16. The van der Waals surface area contributed by atoms with Crippen LogP contribution < -0.4 is 4.90 Å². The van der Waals surface area contributed by atoms with Gasteiger partial charge in [0.1, 0.15) is 12.4 Å². The number of nitrogens with zero attached hydrogens (tertiary/aromatic N) is 3. The molecule has 1 heterocycles. The fourth-order valence-electron chi connectivity index (χ4n) is 0.964. The Labute approximate surface area is 89.9 Å². The summed E-state index contributed by atoms with van der Waals surface area (Å²) in [7, 11) is 1.30. The standard InChI is InChI=1S/C8H9ClF3N3/c1-15(5-8(10,11)12)7-4-13-6(2-9)3-14-7/h3-4H,2,5H2,1H3. The molecule has 84 valence electrons. The minimum absolute atomic E-state index is 0.168. The van der Waals surface area contributed by atoms with E-state index < -0.39 is 12.7 Å². The zero-order chi connectivity index (χ0) is 11.5. The van der Waals surface area contributed by atoms with E-state index in [9.17, 15) is 13.2 Å². The van der Waals surface area contributed by atoms with Crippen LogP contribution in [-0.4, -0.2) is 29.7 Å². The summed E-state index contributed by atoms with van der Waals surface area (Å²) in [4.78, 5) is 8.63. The van der Waals surface area contributed by atoms with Crippen molar-refractivity contribution in [3.63, 3.8) is 0 Å². The summed E-state index contributed by atoms with van der Waals surface area (Å²) in [5.74, 6) is 0.359. The topological polar surface area (TPSA) is 29.0 Å². The van der Waals surface area contributed by atoms with E-state index >= 15 is 0 Å². The first-order valence-electron chi connectivity index (χ1n) is 4.07. The molecule has 1 aromatic heterocycles. The van der Waals surface area contributed by atoms with Crippen LogP contribution in [0.15, 0.2) is 12.4 Å². The predicted molar refractivity (Wildman–Crippen MR) is 50.9 cm³/mol. The van der Waals surface area contributed by atoms with Crippen molar-refractivity contribution in [1.82, 2.24) is 9.97 Å². The molecule has 0 saturated heterocycles. The minimum Gasteiger partial charge on any atom is -0.349 e. The van der Waals surface area contributed by atoms with Gasteiger partial charge in [0.25, 0.3) is 0 Å². The van der Waals surface area contributed by atoms with Gasteiger partial charge in [-0.2, -0.15) is 13.2 Å². The quantitative estimate of drug-likeness (QED) is 0.758. The van der Waals surface area contributed by atoms with Gasteiger partial charge >= 0.3 is 6.18 Å². The third-order valence-corrected chi connectivity index (χ3v) is 1.91. The van der Waals surface area contributed by atoms with Gasteiger partial charge in [-0.05, 0) is 0 Å². The molecule has 0 saturated carbocycles. The lowest BCUT2D eigenvalue weighted by molar-refractivity contribution is -0.119. The first kappa shape index (κ1) is 12.0. The summed E-state index contributed by atoms with van der Waals surface area (Å²) in [5, 5.41) is 0. The molecule has 15 heavy (non-hydrogen) atoms. The van der Waals surface area contributed by atoms with E-state index in [1.54, 1.807) is 0 Å². The third kappa shape index (κ3) is 3.91. The molecule has 0 aliphatic heterocycles. The van der Waals surface area contributed by atoms with Gasteiger partial charge in [-0.3, -0.25) is 4.98 Å². The molecule has 1 rings (SSSR count). The molecule has 0 unspecified atom stereocenters. The van der Waals surface area contributed by atoms with E-state index in [2.05, 4.69) is 9.97 Å². The number of anilines is 1. The molecule has 0 bridgehead atoms. The van der Waals surface area contributed by atoms with E-state index in [1.807, 2.05) is 0 Å². The summed E-state index contributed by atoms with van der Waals surface area (Å²) in [6.07, 6.45) is -1.62. The number of alkyl halides is 4. The monoisotopic (exact) mass is 239 g/mol.